The molecule has 2 heterocycles. The number of nitrogens with one attached hydrogen (secondary N) is 2. The van der Waals surface area contributed by atoms with Crippen LogP contribution in [0.2, 0.25) is 0 Å². The molecule has 0 bridgehead atoms. The van der Waals surface area contributed by atoms with Gasteiger partial charge >= 0.3 is 5.97 Å². The van der Waals surface area contributed by atoms with Gasteiger partial charge in [-0.3, -0.25) is 14.9 Å². The summed E-state index contributed by atoms with van der Waals surface area (Å²) in [5.74, 6) is 0.565. The molecule has 9 nitrogen and oxygen atoms in total. The van der Waals surface area contributed by atoms with E-state index in [0.29, 0.717) is 27.8 Å². The van der Waals surface area contributed by atoms with Crippen LogP contribution < -0.4 is 10.1 Å². The molecule has 154 valence electrons. The third kappa shape index (κ3) is 6.34. The molecule has 3 rings (SSSR count). The number of H-pyrrole nitrogens is 1. The summed E-state index contributed by atoms with van der Waals surface area (Å²) < 4.78 is 10.9. The number of anilines is 1. The summed E-state index contributed by atoms with van der Waals surface area (Å²) in [6, 6.07) is 5.62. The Morgan fingerprint density at radius 2 is 2.03 bits per heavy atom. The van der Waals surface area contributed by atoms with Gasteiger partial charge < -0.3 is 14.5 Å². The van der Waals surface area contributed by atoms with Crippen molar-refractivity contribution in [2.45, 2.75) is 23.3 Å². The topological polar surface area (TPSA) is 119 Å². The SMILES string of the molecule is CCOC(=O)CSc1nnc(NC(=O)CSc2nc3ccc(OCC)cc3[nH]2)s1. The first-order chi connectivity index (χ1) is 14.1. The fourth-order valence-electron chi connectivity index (χ4n) is 2.22. The van der Waals surface area contributed by atoms with Gasteiger partial charge in [-0.1, -0.05) is 34.9 Å². The summed E-state index contributed by atoms with van der Waals surface area (Å²) in [4.78, 5) is 31.2. The van der Waals surface area contributed by atoms with Crippen molar-refractivity contribution >= 4 is 62.9 Å². The summed E-state index contributed by atoms with van der Waals surface area (Å²) in [6.45, 7) is 4.61. The molecule has 29 heavy (non-hydrogen) atoms. The molecule has 1 amide bonds. The van der Waals surface area contributed by atoms with E-state index in [2.05, 4.69) is 25.5 Å². The maximum atomic E-state index is 12.2. The zero-order chi connectivity index (χ0) is 20.6. The van der Waals surface area contributed by atoms with E-state index in [9.17, 15) is 9.59 Å². The molecule has 0 aliphatic heterocycles. The molecule has 0 radical (unpaired) electrons. The molecule has 0 aliphatic carbocycles. The maximum absolute atomic E-state index is 12.2. The van der Waals surface area contributed by atoms with Gasteiger partial charge in [0.25, 0.3) is 0 Å². The molecule has 0 aliphatic rings. The summed E-state index contributed by atoms with van der Waals surface area (Å²) in [5, 5.41) is 11.6. The van der Waals surface area contributed by atoms with Crippen molar-refractivity contribution in [2.24, 2.45) is 0 Å². The maximum Gasteiger partial charge on any atom is 0.316 e. The average Bonchev–Trinajstić information content (AvgIpc) is 3.31. The number of thioether (sulfide) groups is 2. The van der Waals surface area contributed by atoms with Crippen molar-refractivity contribution in [3.8, 4) is 5.75 Å². The minimum Gasteiger partial charge on any atom is -0.494 e. The van der Waals surface area contributed by atoms with Crippen molar-refractivity contribution in [3.05, 3.63) is 18.2 Å². The first-order valence-corrected chi connectivity index (χ1v) is 11.5. The lowest BCUT2D eigenvalue weighted by molar-refractivity contribution is -0.139. The van der Waals surface area contributed by atoms with E-state index in [0.717, 1.165) is 16.8 Å². The highest BCUT2D eigenvalue weighted by Gasteiger charge is 2.12. The van der Waals surface area contributed by atoms with Gasteiger partial charge in [-0.05, 0) is 26.0 Å². The molecule has 0 saturated heterocycles. The van der Waals surface area contributed by atoms with Gasteiger partial charge in [-0.2, -0.15) is 0 Å². The number of rotatable bonds is 10. The highest BCUT2D eigenvalue weighted by Crippen LogP contribution is 2.26. The van der Waals surface area contributed by atoms with Crippen LogP contribution in [-0.2, 0) is 14.3 Å². The van der Waals surface area contributed by atoms with Crippen molar-refractivity contribution in [3.63, 3.8) is 0 Å². The Bertz CT molecular complexity index is 991. The van der Waals surface area contributed by atoms with Crippen LogP contribution in [0.25, 0.3) is 11.0 Å². The number of esters is 1. The van der Waals surface area contributed by atoms with Gasteiger partial charge in [0, 0.05) is 6.07 Å². The monoisotopic (exact) mass is 453 g/mol. The van der Waals surface area contributed by atoms with Gasteiger partial charge in [-0.15, -0.1) is 10.2 Å². The highest BCUT2D eigenvalue weighted by molar-refractivity contribution is 8.01. The van der Waals surface area contributed by atoms with Gasteiger partial charge in [0.15, 0.2) is 9.50 Å². The van der Waals surface area contributed by atoms with Crippen LogP contribution in [0.1, 0.15) is 13.8 Å². The minimum absolute atomic E-state index is 0.156. The fourth-order valence-corrected chi connectivity index (χ4v) is 4.47. The van der Waals surface area contributed by atoms with Gasteiger partial charge in [0.2, 0.25) is 11.0 Å². The highest BCUT2D eigenvalue weighted by atomic mass is 32.2. The van der Waals surface area contributed by atoms with E-state index in [1.54, 1.807) is 6.92 Å². The van der Waals surface area contributed by atoms with Crippen molar-refractivity contribution in [1.29, 1.82) is 0 Å². The Labute approximate surface area is 179 Å². The molecule has 1 aromatic carbocycles. The summed E-state index contributed by atoms with van der Waals surface area (Å²) in [5.41, 5.74) is 1.66. The lowest BCUT2D eigenvalue weighted by atomic mass is 10.3. The molecule has 2 N–H and O–H groups in total. The van der Waals surface area contributed by atoms with Crippen LogP contribution in [0.3, 0.4) is 0 Å². The predicted octanol–water partition coefficient (Wildman–Crippen LogP) is 3.20. The molecule has 12 heteroatoms. The Morgan fingerprint density at radius 1 is 1.17 bits per heavy atom. The van der Waals surface area contributed by atoms with E-state index >= 15 is 0 Å². The number of hydrogen-bond acceptors (Lipinski definition) is 10. The second-order valence-corrected chi connectivity index (χ2v) is 8.62. The second-order valence-electron chi connectivity index (χ2n) is 5.46. The van der Waals surface area contributed by atoms with Crippen molar-refractivity contribution < 1.29 is 19.1 Å². The number of carbonyl (C=O) groups is 2. The van der Waals surface area contributed by atoms with E-state index in [4.69, 9.17) is 9.47 Å². The van der Waals surface area contributed by atoms with E-state index in [1.165, 1.54) is 34.9 Å². The summed E-state index contributed by atoms with van der Waals surface area (Å²) in [7, 11) is 0. The predicted molar refractivity (Wildman–Crippen MR) is 114 cm³/mol. The first kappa shape index (κ1) is 21.4. The fraction of sp³-hybridized carbons (Fsp3) is 0.353. The number of ether oxygens (including phenoxy) is 2. The number of aromatic amines is 1. The number of fused-ring (bicyclic) bond motifs is 1. The smallest absolute Gasteiger partial charge is 0.316 e. The van der Waals surface area contributed by atoms with Crippen LogP contribution in [-0.4, -0.2) is 56.8 Å². The van der Waals surface area contributed by atoms with E-state index in [-0.39, 0.29) is 23.4 Å². The van der Waals surface area contributed by atoms with E-state index < -0.39 is 0 Å². The molecular weight excluding hydrogens is 434 g/mol. The lowest BCUT2D eigenvalue weighted by Crippen LogP contribution is -2.13. The molecule has 3 aromatic rings. The van der Waals surface area contributed by atoms with Crippen LogP contribution in [0, 0.1) is 0 Å². The van der Waals surface area contributed by atoms with Crippen LogP contribution in [0.5, 0.6) is 5.75 Å². The van der Waals surface area contributed by atoms with Gasteiger partial charge in [-0.25, -0.2) is 4.98 Å². The van der Waals surface area contributed by atoms with Crippen molar-refractivity contribution in [1.82, 2.24) is 20.2 Å². The number of imidazole rings is 1. The number of carbonyl (C=O) groups excluding carboxylic acids is 2. The van der Waals surface area contributed by atoms with E-state index in [1.807, 2.05) is 25.1 Å². The first-order valence-electron chi connectivity index (χ1n) is 8.74. The Morgan fingerprint density at radius 3 is 2.83 bits per heavy atom. The molecule has 0 unspecified atom stereocenters. The Balaban J connectivity index is 1.48. The molecule has 0 spiro atoms. The molecule has 2 aromatic heterocycles. The largest absolute Gasteiger partial charge is 0.494 e. The summed E-state index contributed by atoms with van der Waals surface area (Å²) in [6.07, 6.45) is 0. The second kappa shape index (κ2) is 10.5. The Kier molecular flexibility index (Phi) is 7.72. The van der Waals surface area contributed by atoms with Crippen molar-refractivity contribution in [2.75, 3.05) is 30.0 Å². The average molecular weight is 454 g/mol. The standard InChI is InChI=1S/C17H19N5O4S3/c1-3-25-10-5-6-11-12(7-10)19-15(18-11)27-8-13(23)20-16-21-22-17(29-16)28-9-14(24)26-4-2/h5-7H,3-4,8-9H2,1-2H3,(H,18,19)(H,20,21,23). The molecular formula is C17H19N5O4S3. The quantitative estimate of drug-likeness (QED) is 0.271. The zero-order valence-electron chi connectivity index (χ0n) is 15.8. The van der Waals surface area contributed by atoms with Gasteiger partial charge in [0.05, 0.1) is 35.8 Å². The third-order valence-electron chi connectivity index (χ3n) is 3.35. The summed E-state index contributed by atoms with van der Waals surface area (Å²) >= 11 is 3.72. The minimum atomic E-state index is -0.311. The van der Waals surface area contributed by atoms with Crippen LogP contribution >= 0.6 is 34.9 Å². The van der Waals surface area contributed by atoms with Crippen LogP contribution in [0.4, 0.5) is 5.13 Å². The third-order valence-corrected chi connectivity index (χ3v) is 6.17. The van der Waals surface area contributed by atoms with Gasteiger partial charge in [0.1, 0.15) is 5.75 Å². The number of hydrogen-bond donors (Lipinski definition) is 2. The molecule has 0 atom stereocenters. The zero-order valence-corrected chi connectivity index (χ0v) is 18.2. The molecule has 0 saturated carbocycles. The molecule has 0 fully saturated rings. The number of benzene rings is 1. The van der Waals surface area contributed by atoms with Crippen LogP contribution in [0.15, 0.2) is 27.7 Å². The lowest BCUT2D eigenvalue weighted by Gasteiger charge is -2.00. The number of amides is 1. The normalized spacial score (nSPS) is 10.8. The Hall–Kier alpha value is -2.31. The number of nitrogens with zero attached hydrogens (tertiary/aromatic N) is 3. The number of aromatic nitrogens is 4.